The van der Waals surface area contributed by atoms with E-state index in [1.165, 1.54) is 0 Å². The summed E-state index contributed by atoms with van der Waals surface area (Å²) in [7, 11) is 0. The molecule has 0 aliphatic heterocycles. The Bertz CT molecular complexity index is 520. The number of aromatic nitrogens is 4. The molecule has 0 amide bonds. The molecule has 0 aliphatic rings. The van der Waals surface area contributed by atoms with E-state index in [1.54, 1.807) is 12.4 Å². The summed E-state index contributed by atoms with van der Waals surface area (Å²) in [5, 5.41) is 14.3. The number of anilines is 2. The average molecular weight is 258 g/mol. The van der Waals surface area contributed by atoms with Crippen LogP contribution in [-0.4, -0.2) is 25.7 Å². The lowest BCUT2D eigenvalue weighted by atomic mass is 10.1. The molecule has 0 atom stereocenters. The molecule has 0 unspecified atom stereocenters. The van der Waals surface area contributed by atoms with Gasteiger partial charge in [-0.2, -0.15) is 10.1 Å². The smallest absolute Gasteiger partial charge is 0.245 e. The maximum Gasteiger partial charge on any atom is 0.245 e. The number of hydrogen-bond donors (Lipinski definition) is 2. The van der Waals surface area contributed by atoms with Crippen LogP contribution in [0.15, 0.2) is 30.7 Å². The molecule has 6 heteroatoms. The van der Waals surface area contributed by atoms with Gasteiger partial charge < -0.3 is 10.6 Å². The quantitative estimate of drug-likeness (QED) is 0.874. The van der Waals surface area contributed by atoms with Gasteiger partial charge in [-0.05, 0) is 32.4 Å². The van der Waals surface area contributed by atoms with E-state index >= 15 is 0 Å². The van der Waals surface area contributed by atoms with Crippen molar-refractivity contribution < 1.29 is 0 Å². The van der Waals surface area contributed by atoms with Gasteiger partial charge in [0, 0.05) is 24.5 Å². The third kappa shape index (κ3) is 4.50. The van der Waals surface area contributed by atoms with Gasteiger partial charge in [-0.25, -0.2) is 0 Å². The van der Waals surface area contributed by atoms with Crippen molar-refractivity contribution in [2.45, 2.75) is 32.9 Å². The van der Waals surface area contributed by atoms with Crippen molar-refractivity contribution in [1.82, 2.24) is 20.2 Å². The van der Waals surface area contributed by atoms with E-state index in [1.807, 2.05) is 39.1 Å². The molecule has 2 aromatic heterocycles. The van der Waals surface area contributed by atoms with Crippen LogP contribution in [0.4, 0.5) is 11.8 Å². The molecule has 6 nitrogen and oxygen atoms in total. The summed E-state index contributed by atoms with van der Waals surface area (Å²) in [5.74, 6) is 1.20. The molecule has 0 radical (unpaired) electrons. The zero-order valence-corrected chi connectivity index (χ0v) is 11.4. The molecular formula is C13H18N6. The zero-order chi connectivity index (χ0) is 13.7. The molecular weight excluding hydrogens is 240 g/mol. The minimum absolute atomic E-state index is 0.0936. The Labute approximate surface area is 112 Å². The molecule has 0 saturated carbocycles. The fraction of sp³-hybridized carbons (Fsp3) is 0.385. The Morgan fingerprint density at radius 3 is 2.74 bits per heavy atom. The number of nitrogens with zero attached hydrogens (tertiary/aromatic N) is 4. The monoisotopic (exact) mass is 258 g/mol. The lowest BCUT2D eigenvalue weighted by Crippen LogP contribution is -2.27. The van der Waals surface area contributed by atoms with Gasteiger partial charge in [0.2, 0.25) is 5.95 Å². The highest BCUT2D eigenvalue weighted by Gasteiger charge is 2.11. The van der Waals surface area contributed by atoms with Gasteiger partial charge in [-0.1, -0.05) is 6.07 Å². The zero-order valence-electron chi connectivity index (χ0n) is 11.4. The van der Waals surface area contributed by atoms with Crippen LogP contribution in [-0.2, 0) is 6.54 Å². The highest BCUT2D eigenvalue weighted by Crippen LogP contribution is 2.11. The molecule has 2 N–H and O–H groups in total. The first kappa shape index (κ1) is 13.2. The van der Waals surface area contributed by atoms with Crippen LogP contribution >= 0.6 is 0 Å². The first-order valence-electron chi connectivity index (χ1n) is 6.14. The summed E-state index contributed by atoms with van der Waals surface area (Å²) in [6, 6.07) is 3.91. The Kier molecular flexibility index (Phi) is 3.89. The van der Waals surface area contributed by atoms with Gasteiger partial charge in [0.05, 0.1) is 6.20 Å². The summed E-state index contributed by atoms with van der Waals surface area (Å²) in [6.45, 7) is 6.80. The van der Waals surface area contributed by atoms with Crippen molar-refractivity contribution in [1.29, 1.82) is 0 Å². The van der Waals surface area contributed by atoms with Crippen molar-refractivity contribution in [2.75, 3.05) is 10.6 Å². The van der Waals surface area contributed by atoms with Crippen LogP contribution in [0.1, 0.15) is 26.3 Å². The number of hydrogen-bond acceptors (Lipinski definition) is 6. The topological polar surface area (TPSA) is 75.6 Å². The molecule has 2 aromatic rings. The molecule has 0 bridgehead atoms. The van der Waals surface area contributed by atoms with E-state index < -0.39 is 0 Å². The standard InChI is InChI=1S/C13H18N6/c1-13(2,3)18-12-17-11(9-16-19-12)15-8-10-5-4-6-14-7-10/h4-7,9H,8H2,1-3H3,(H2,15,17,18,19). The summed E-state index contributed by atoms with van der Waals surface area (Å²) in [5.41, 5.74) is 0.996. The highest BCUT2D eigenvalue weighted by atomic mass is 15.3. The van der Waals surface area contributed by atoms with Crippen LogP contribution in [0, 0.1) is 0 Å². The third-order valence-electron chi connectivity index (χ3n) is 2.24. The van der Waals surface area contributed by atoms with Crippen LogP contribution in [0.2, 0.25) is 0 Å². The van der Waals surface area contributed by atoms with Crippen molar-refractivity contribution in [3.8, 4) is 0 Å². The van der Waals surface area contributed by atoms with Crippen LogP contribution < -0.4 is 10.6 Å². The molecule has 0 saturated heterocycles. The Morgan fingerprint density at radius 1 is 1.21 bits per heavy atom. The molecule has 0 aliphatic carbocycles. The first-order valence-corrected chi connectivity index (χ1v) is 6.14. The van der Waals surface area contributed by atoms with Crippen molar-refractivity contribution >= 4 is 11.8 Å². The van der Waals surface area contributed by atoms with E-state index in [-0.39, 0.29) is 5.54 Å². The Hall–Kier alpha value is -2.24. The fourth-order valence-electron chi connectivity index (χ4n) is 1.47. The highest BCUT2D eigenvalue weighted by molar-refractivity contribution is 5.38. The molecule has 0 spiro atoms. The largest absolute Gasteiger partial charge is 0.364 e. The lowest BCUT2D eigenvalue weighted by molar-refractivity contribution is 0.623. The van der Waals surface area contributed by atoms with E-state index in [9.17, 15) is 0 Å². The van der Waals surface area contributed by atoms with Crippen molar-refractivity contribution in [3.05, 3.63) is 36.3 Å². The number of pyridine rings is 1. The van der Waals surface area contributed by atoms with E-state index in [4.69, 9.17) is 0 Å². The van der Waals surface area contributed by atoms with Gasteiger partial charge in [0.1, 0.15) is 0 Å². The second-order valence-electron chi connectivity index (χ2n) is 5.26. The average Bonchev–Trinajstić information content (AvgIpc) is 2.36. The predicted molar refractivity (Wildman–Crippen MR) is 74.8 cm³/mol. The van der Waals surface area contributed by atoms with Crippen LogP contribution in [0.5, 0.6) is 0 Å². The maximum atomic E-state index is 4.36. The molecule has 100 valence electrons. The maximum absolute atomic E-state index is 4.36. The minimum atomic E-state index is -0.0936. The summed E-state index contributed by atoms with van der Waals surface area (Å²) in [4.78, 5) is 8.42. The van der Waals surface area contributed by atoms with Crippen LogP contribution in [0.25, 0.3) is 0 Å². The van der Waals surface area contributed by atoms with E-state index in [0.29, 0.717) is 18.3 Å². The Morgan fingerprint density at radius 2 is 2.05 bits per heavy atom. The Balaban J connectivity index is 1.99. The fourth-order valence-corrected chi connectivity index (χ4v) is 1.47. The number of rotatable bonds is 4. The molecule has 0 aromatic carbocycles. The molecule has 2 heterocycles. The van der Waals surface area contributed by atoms with Gasteiger partial charge in [0.15, 0.2) is 5.82 Å². The van der Waals surface area contributed by atoms with Crippen LogP contribution in [0.3, 0.4) is 0 Å². The molecule has 2 rings (SSSR count). The summed E-state index contributed by atoms with van der Waals surface area (Å²) >= 11 is 0. The molecule has 19 heavy (non-hydrogen) atoms. The SMILES string of the molecule is CC(C)(C)Nc1nncc(NCc2cccnc2)n1. The third-order valence-corrected chi connectivity index (χ3v) is 2.24. The normalized spacial score (nSPS) is 11.1. The van der Waals surface area contributed by atoms with Gasteiger partial charge in [-0.15, -0.1) is 5.10 Å². The van der Waals surface area contributed by atoms with Gasteiger partial charge >= 0.3 is 0 Å². The van der Waals surface area contributed by atoms with Gasteiger partial charge in [0.25, 0.3) is 0 Å². The van der Waals surface area contributed by atoms with Crippen molar-refractivity contribution in [3.63, 3.8) is 0 Å². The second kappa shape index (κ2) is 5.60. The second-order valence-corrected chi connectivity index (χ2v) is 5.26. The number of nitrogens with one attached hydrogen (secondary N) is 2. The molecule has 0 fully saturated rings. The van der Waals surface area contributed by atoms with Gasteiger partial charge in [-0.3, -0.25) is 4.98 Å². The lowest BCUT2D eigenvalue weighted by Gasteiger charge is -2.20. The van der Waals surface area contributed by atoms with Crippen molar-refractivity contribution in [2.24, 2.45) is 0 Å². The van der Waals surface area contributed by atoms with E-state index in [2.05, 4.69) is 30.8 Å². The predicted octanol–water partition coefficient (Wildman–Crippen LogP) is 2.09. The van der Waals surface area contributed by atoms with E-state index in [0.717, 1.165) is 5.56 Å². The first-order chi connectivity index (χ1) is 9.03. The summed E-state index contributed by atoms with van der Waals surface area (Å²) in [6.07, 6.45) is 5.17. The minimum Gasteiger partial charge on any atom is -0.364 e. The summed E-state index contributed by atoms with van der Waals surface area (Å²) < 4.78 is 0.